The highest BCUT2D eigenvalue weighted by molar-refractivity contribution is 9.11. The highest BCUT2D eigenvalue weighted by atomic mass is 79.9. The maximum absolute atomic E-state index is 3.40. The van der Waals surface area contributed by atoms with Gasteiger partial charge in [0.15, 0.2) is 0 Å². The molecule has 2 aromatic carbocycles. The van der Waals surface area contributed by atoms with E-state index in [-0.39, 0.29) is 5.41 Å². The van der Waals surface area contributed by atoms with Gasteiger partial charge >= 0.3 is 0 Å². The second-order valence-corrected chi connectivity index (χ2v) is 4.76. The van der Waals surface area contributed by atoms with E-state index in [4.69, 9.17) is 0 Å². The van der Waals surface area contributed by atoms with Gasteiger partial charge in [0.25, 0.3) is 0 Å². The van der Waals surface area contributed by atoms with E-state index in [1.807, 2.05) is 17.1 Å². The SMILES string of the molecule is CC(C=CBr)(c1ccccc1)c1ccccc1. The Balaban J connectivity index is 2.55. The zero-order valence-electron chi connectivity index (χ0n) is 9.81. The Labute approximate surface area is 111 Å². The van der Waals surface area contributed by atoms with Crippen LogP contribution in [0, 0.1) is 0 Å². The largest absolute Gasteiger partial charge is 0.0629 e. The van der Waals surface area contributed by atoms with E-state index in [1.54, 1.807) is 0 Å². The van der Waals surface area contributed by atoms with Crippen molar-refractivity contribution in [1.29, 1.82) is 0 Å². The molecule has 0 nitrogen and oxygen atoms in total. The Kier molecular flexibility index (Phi) is 3.80. The van der Waals surface area contributed by atoms with Gasteiger partial charge in [0.1, 0.15) is 0 Å². The van der Waals surface area contributed by atoms with Gasteiger partial charge < -0.3 is 0 Å². The number of hydrogen-bond acceptors (Lipinski definition) is 0. The molecule has 86 valence electrons. The van der Waals surface area contributed by atoms with Crippen LogP contribution >= 0.6 is 15.9 Å². The van der Waals surface area contributed by atoms with E-state index in [0.29, 0.717) is 0 Å². The van der Waals surface area contributed by atoms with Crippen molar-refractivity contribution >= 4 is 15.9 Å². The third-order valence-electron chi connectivity index (χ3n) is 3.14. The zero-order chi connectivity index (χ0) is 12.1. The predicted octanol–water partition coefficient (Wildman–Crippen LogP) is 4.90. The van der Waals surface area contributed by atoms with Gasteiger partial charge in [-0.2, -0.15) is 0 Å². The first-order valence-corrected chi connectivity index (χ1v) is 6.58. The van der Waals surface area contributed by atoms with E-state index in [1.165, 1.54) is 11.1 Å². The zero-order valence-corrected chi connectivity index (χ0v) is 11.4. The Morgan fingerprint density at radius 2 is 1.24 bits per heavy atom. The quantitative estimate of drug-likeness (QED) is 0.753. The summed E-state index contributed by atoms with van der Waals surface area (Å²) in [5, 5.41) is 0. The maximum atomic E-state index is 3.40. The molecule has 0 spiro atoms. The molecule has 2 aromatic rings. The monoisotopic (exact) mass is 286 g/mol. The van der Waals surface area contributed by atoms with Crippen LogP contribution in [0.5, 0.6) is 0 Å². The minimum atomic E-state index is -0.0913. The molecule has 0 aliphatic heterocycles. The summed E-state index contributed by atoms with van der Waals surface area (Å²) < 4.78 is 0. The minimum Gasteiger partial charge on any atom is -0.0629 e. The molecular weight excluding hydrogens is 272 g/mol. The average molecular weight is 287 g/mol. The van der Waals surface area contributed by atoms with E-state index >= 15 is 0 Å². The van der Waals surface area contributed by atoms with Gasteiger partial charge in [-0.15, -0.1) is 0 Å². The molecule has 0 amide bonds. The number of halogens is 1. The summed E-state index contributed by atoms with van der Waals surface area (Å²) in [7, 11) is 0. The lowest BCUT2D eigenvalue weighted by Gasteiger charge is -2.27. The molecule has 0 bridgehead atoms. The highest BCUT2D eigenvalue weighted by Gasteiger charge is 2.25. The van der Waals surface area contributed by atoms with Crippen LogP contribution in [0.4, 0.5) is 0 Å². The normalized spacial score (nSPS) is 11.9. The van der Waals surface area contributed by atoms with Crippen LogP contribution in [0.25, 0.3) is 0 Å². The topological polar surface area (TPSA) is 0 Å². The van der Waals surface area contributed by atoms with Gasteiger partial charge in [-0.1, -0.05) is 82.7 Å². The fourth-order valence-corrected chi connectivity index (χ4v) is 2.58. The van der Waals surface area contributed by atoms with Crippen molar-refractivity contribution in [2.75, 3.05) is 0 Å². The third kappa shape index (κ3) is 2.50. The summed E-state index contributed by atoms with van der Waals surface area (Å²) in [5.41, 5.74) is 2.50. The van der Waals surface area contributed by atoms with Crippen LogP contribution < -0.4 is 0 Å². The van der Waals surface area contributed by atoms with Crippen LogP contribution in [0.15, 0.2) is 71.7 Å². The highest BCUT2D eigenvalue weighted by Crippen LogP contribution is 2.33. The van der Waals surface area contributed by atoms with E-state index in [9.17, 15) is 0 Å². The van der Waals surface area contributed by atoms with Crippen molar-refractivity contribution < 1.29 is 0 Å². The lowest BCUT2D eigenvalue weighted by atomic mass is 9.76. The second kappa shape index (κ2) is 5.33. The molecule has 0 aromatic heterocycles. The number of benzene rings is 2. The third-order valence-corrected chi connectivity index (χ3v) is 3.41. The van der Waals surface area contributed by atoms with Crippen molar-refractivity contribution in [3.05, 3.63) is 82.9 Å². The molecule has 0 aliphatic rings. The molecule has 0 unspecified atom stereocenters. The van der Waals surface area contributed by atoms with Gasteiger partial charge in [-0.3, -0.25) is 0 Å². The van der Waals surface area contributed by atoms with E-state index < -0.39 is 0 Å². The second-order valence-electron chi connectivity index (χ2n) is 4.23. The molecule has 17 heavy (non-hydrogen) atoms. The first kappa shape index (κ1) is 12.1. The van der Waals surface area contributed by atoms with Crippen molar-refractivity contribution in [3.8, 4) is 0 Å². The standard InChI is InChI=1S/C16H15Br/c1-16(12-13-17,14-8-4-2-5-9-14)15-10-6-3-7-11-15/h2-13H,1H3. The Hall–Kier alpha value is -1.34. The number of allylic oxidation sites excluding steroid dienone is 1. The van der Waals surface area contributed by atoms with Gasteiger partial charge in [-0.25, -0.2) is 0 Å². The molecule has 0 aliphatic carbocycles. The Morgan fingerprint density at radius 3 is 1.59 bits per heavy atom. The summed E-state index contributed by atoms with van der Waals surface area (Å²) in [6.45, 7) is 2.23. The van der Waals surface area contributed by atoms with E-state index in [0.717, 1.165) is 0 Å². The van der Waals surface area contributed by atoms with Gasteiger partial charge in [0.05, 0.1) is 0 Å². The Morgan fingerprint density at radius 1 is 0.824 bits per heavy atom. The summed E-state index contributed by atoms with van der Waals surface area (Å²) >= 11 is 3.40. The maximum Gasteiger partial charge on any atom is 0.0361 e. The van der Waals surface area contributed by atoms with Gasteiger partial charge in [-0.05, 0) is 23.0 Å². The van der Waals surface area contributed by atoms with Crippen LogP contribution in [-0.4, -0.2) is 0 Å². The Bertz CT molecular complexity index is 446. The molecule has 0 saturated heterocycles. The summed E-state index contributed by atoms with van der Waals surface area (Å²) in [6.07, 6.45) is 2.18. The van der Waals surface area contributed by atoms with Crippen molar-refractivity contribution in [1.82, 2.24) is 0 Å². The fourth-order valence-electron chi connectivity index (χ4n) is 2.05. The molecule has 0 atom stereocenters. The minimum absolute atomic E-state index is 0.0913. The van der Waals surface area contributed by atoms with Crippen molar-refractivity contribution in [2.24, 2.45) is 0 Å². The van der Waals surface area contributed by atoms with Crippen LogP contribution in [0.2, 0.25) is 0 Å². The molecule has 1 heteroatoms. The molecule has 0 N–H and O–H groups in total. The lowest BCUT2D eigenvalue weighted by Crippen LogP contribution is -2.20. The van der Waals surface area contributed by atoms with Gasteiger partial charge in [0.2, 0.25) is 0 Å². The molecular formula is C16H15Br. The molecule has 0 radical (unpaired) electrons. The summed E-state index contributed by atoms with van der Waals surface area (Å²) in [4.78, 5) is 1.94. The van der Waals surface area contributed by atoms with Crippen LogP contribution in [0.1, 0.15) is 18.1 Å². The van der Waals surface area contributed by atoms with E-state index in [2.05, 4.69) is 77.5 Å². The fraction of sp³-hybridized carbons (Fsp3) is 0.125. The predicted molar refractivity (Wildman–Crippen MR) is 77.4 cm³/mol. The first-order chi connectivity index (χ1) is 8.27. The average Bonchev–Trinajstić information content (AvgIpc) is 2.41. The number of hydrogen-bond donors (Lipinski definition) is 0. The lowest BCUT2D eigenvalue weighted by molar-refractivity contribution is 0.725. The molecule has 2 rings (SSSR count). The van der Waals surface area contributed by atoms with Crippen molar-refractivity contribution in [3.63, 3.8) is 0 Å². The molecule has 0 heterocycles. The first-order valence-electron chi connectivity index (χ1n) is 5.66. The summed E-state index contributed by atoms with van der Waals surface area (Å²) in [5.74, 6) is 0. The van der Waals surface area contributed by atoms with Crippen molar-refractivity contribution in [2.45, 2.75) is 12.3 Å². The molecule has 0 saturated carbocycles. The molecule has 0 fully saturated rings. The van der Waals surface area contributed by atoms with Crippen LogP contribution in [-0.2, 0) is 5.41 Å². The van der Waals surface area contributed by atoms with Gasteiger partial charge in [0, 0.05) is 5.41 Å². The van der Waals surface area contributed by atoms with Crippen LogP contribution in [0.3, 0.4) is 0 Å². The smallest absolute Gasteiger partial charge is 0.0361 e. The summed E-state index contributed by atoms with van der Waals surface area (Å²) in [6, 6.07) is 21.1. The number of rotatable bonds is 3.